The molecule has 26 heavy (non-hydrogen) atoms. The molecule has 0 bridgehead atoms. The van der Waals surface area contributed by atoms with Crippen LogP contribution in [0.4, 0.5) is 13.2 Å². The second kappa shape index (κ2) is 10.8. The Morgan fingerprint density at radius 3 is 2.54 bits per heavy atom. The van der Waals surface area contributed by atoms with Gasteiger partial charge < -0.3 is 15.7 Å². The number of aryl methyl sites for hydroxylation is 1. The maximum absolute atomic E-state index is 12.9. The van der Waals surface area contributed by atoms with E-state index < -0.39 is 12.1 Å². The number of nitrogens with one attached hydrogen (secondary N) is 2. The number of hydrogen-bond acceptors (Lipinski definition) is 2. The molecule has 4 nitrogen and oxygen atoms in total. The average molecular weight is 485 g/mol. The highest BCUT2D eigenvalue weighted by Crippen LogP contribution is 2.37. The molecule has 8 heteroatoms. The summed E-state index contributed by atoms with van der Waals surface area (Å²) in [5, 5.41) is 15.5. The molecule has 0 amide bonds. The molecule has 0 saturated heterocycles. The predicted molar refractivity (Wildman–Crippen MR) is 108 cm³/mol. The normalized spacial score (nSPS) is 21.0. The monoisotopic (exact) mass is 485 g/mol. The van der Waals surface area contributed by atoms with Crippen LogP contribution in [-0.2, 0) is 6.42 Å². The second-order valence-electron chi connectivity index (χ2n) is 6.52. The van der Waals surface area contributed by atoms with Gasteiger partial charge in [0.2, 0.25) is 0 Å². The minimum atomic E-state index is -4.11. The lowest BCUT2D eigenvalue weighted by molar-refractivity contribution is -0.183. The van der Waals surface area contributed by atoms with Gasteiger partial charge >= 0.3 is 6.18 Å². The molecule has 0 aliphatic heterocycles. The standard InChI is InChI=1S/C18H26F3N3O.HI/c1-22-17(23-11-3-4-13-7-9-16(25)10-8-13)24-15-6-2-5-14(12-15)18(19,20)21;/h7-10,14-15,25H,2-6,11-12H2,1H3,(H2,22,23,24);1H. The van der Waals surface area contributed by atoms with E-state index in [0.29, 0.717) is 18.9 Å². The summed E-state index contributed by atoms with van der Waals surface area (Å²) in [6.45, 7) is 0.677. The van der Waals surface area contributed by atoms with E-state index in [4.69, 9.17) is 0 Å². The Kier molecular flexibility index (Phi) is 9.52. The Labute approximate surface area is 169 Å². The molecule has 148 valence electrons. The van der Waals surface area contributed by atoms with Crippen LogP contribution in [0.15, 0.2) is 29.3 Å². The van der Waals surface area contributed by atoms with Crippen molar-refractivity contribution in [3.8, 4) is 5.75 Å². The highest BCUT2D eigenvalue weighted by molar-refractivity contribution is 14.0. The van der Waals surface area contributed by atoms with E-state index in [1.54, 1.807) is 19.2 Å². The van der Waals surface area contributed by atoms with Gasteiger partial charge in [0.15, 0.2) is 5.96 Å². The number of halogens is 4. The molecule has 1 fully saturated rings. The first-order valence-electron chi connectivity index (χ1n) is 8.70. The molecule has 2 rings (SSSR count). The van der Waals surface area contributed by atoms with Crippen LogP contribution < -0.4 is 10.6 Å². The minimum absolute atomic E-state index is 0. The highest BCUT2D eigenvalue weighted by atomic mass is 127. The smallest absolute Gasteiger partial charge is 0.391 e. The zero-order chi connectivity index (χ0) is 18.3. The Balaban J connectivity index is 0.00000338. The largest absolute Gasteiger partial charge is 0.508 e. The van der Waals surface area contributed by atoms with Crippen LogP contribution in [0.1, 0.15) is 37.7 Å². The van der Waals surface area contributed by atoms with E-state index in [1.165, 1.54) is 0 Å². The average Bonchev–Trinajstić information content (AvgIpc) is 2.58. The van der Waals surface area contributed by atoms with E-state index in [0.717, 1.165) is 24.8 Å². The first-order chi connectivity index (χ1) is 11.9. The summed E-state index contributed by atoms with van der Waals surface area (Å²) in [4.78, 5) is 4.11. The SMILES string of the molecule is CN=C(NCCCc1ccc(O)cc1)NC1CCCC(C(F)(F)F)C1.I. The van der Waals surface area contributed by atoms with E-state index in [2.05, 4.69) is 15.6 Å². The number of alkyl halides is 3. The summed E-state index contributed by atoms with van der Waals surface area (Å²) in [5.74, 6) is -0.416. The Hall–Kier alpha value is -1.19. The van der Waals surface area contributed by atoms with Crippen molar-refractivity contribution in [1.29, 1.82) is 0 Å². The molecule has 0 heterocycles. The fourth-order valence-corrected chi connectivity index (χ4v) is 3.17. The Bertz CT molecular complexity index is 564. The third-order valence-corrected chi connectivity index (χ3v) is 4.57. The van der Waals surface area contributed by atoms with Crippen LogP contribution in [0, 0.1) is 5.92 Å². The van der Waals surface area contributed by atoms with Gasteiger partial charge in [-0.15, -0.1) is 24.0 Å². The first-order valence-corrected chi connectivity index (χ1v) is 8.70. The number of aromatic hydroxyl groups is 1. The van der Waals surface area contributed by atoms with Crippen molar-refractivity contribution in [2.45, 2.75) is 50.7 Å². The quantitative estimate of drug-likeness (QED) is 0.253. The number of phenols is 1. The van der Waals surface area contributed by atoms with Gasteiger partial charge in [-0.2, -0.15) is 13.2 Å². The fraction of sp³-hybridized carbons (Fsp3) is 0.611. The molecule has 0 spiro atoms. The van der Waals surface area contributed by atoms with E-state index in [-0.39, 0.29) is 48.6 Å². The third kappa shape index (κ3) is 7.59. The van der Waals surface area contributed by atoms with Crippen molar-refractivity contribution < 1.29 is 18.3 Å². The number of phenolic OH excluding ortho intramolecular Hbond substituents is 1. The summed E-state index contributed by atoms with van der Waals surface area (Å²) in [6, 6.07) is 6.87. The molecule has 1 aromatic rings. The topological polar surface area (TPSA) is 56.7 Å². The van der Waals surface area contributed by atoms with Gasteiger partial charge in [0.05, 0.1) is 5.92 Å². The maximum atomic E-state index is 12.9. The zero-order valence-corrected chi connectivity index (χ0v) is 17.2. The van der Waals surface area contributed by atoms with Crippen molar-refractivity contribution in [2.75, 3.05) is 13.6 Å². The summed E-state index contributed by atoms with van der Waals surface area (Å²) < 4.78 is 38.6. The van der Waals surface area contributed by atoms with Gasteiger partial charge in [0.25, 0.3) is 0 Å². The lowest BCUT2D eigenvalue weighted by Gasteiger charge is -2.31. The van der Waals surface area contributed by atoms with Gasteiger partial charge in [-0.25, -0.2) is 0 Å². The summed E-state index contributed by atoms with van der Waals surface area (Å²) >= 11 is 0. The van der Waals surface area contributed by atoms with Gasteiger partial charge in [-0.1, -0.05) is 18.6 Å². The second-order valence-corrected chi connectivity index (χ2v) is 6.52. The lowest BCUT2D eigenvalue weighted by atomic mass is 9.85. The molecule has 1 saturated carbocycles. The van der Waals surface area contributed by atoms with Gasteiger partial charge in [-0.05, 0) is 49.8 Å². The van der Waals surface area contributed by atoms with Crippen molar-refractivity contribution in [3.05, 3.63) is 29.8 Å². The van der Waals surface area contributed by atoms with Crippen molar-refractivity contribution in [3.63, 3.8) is 0 Å². The number of benzene rings is 1. The predicted octanol–water partition coefficient (Wildman–Crippen LogP) is 4.23. The van der Waals surface area contributed by atoms with E-state index >= 15 is 0 Å². The van der Waals surface area contributed by atoms with Crippen molar-refractivity contribution >= 4 is 29.9 Å². The number of guanidine groups is 1. The van der Waals surface area contributed by atoms with Crippen molar-refractivity contribution in [2.24, 2.45) is 10.9 Å². The highest BCUT2D eigenvalue weighted by Gasteiger charge is 2.42. The molecule has 1 aromatic carbocycles. The van der Waals surface area contributed by atoms with Crippen LogP contribution >= 0.6 is 24.0 Å². The molecule has 2 unspecified atom stereocenters. The summed E-state index contributed by atoms with van der Waals surface area (Å²) in [6.07, 6.45) is -0.745. The molecular formula is C18H27F3IN3O. The zero-order valence-electron chi connectivity index (χ0n) is 14.9. The van der Waals surface area contributed by atoms with Gasteiger partial charge in [0.1, 0.15) is 5.75 Å². The van der Waals surface area contributed by atoms with Crippen LogP contribution in [0.5, 0.6) is 5.75 Å². The number of rotatable bonds is 5. The van der Waals surface area contributed by atoms with Crippen LogP contribution in [0.25, 0.3) is 0 Å². The Morgan fingerprint density at radius 1 is 1.23 bits per heavy atom. The van der Waals surface area contributed by atoms with Crippen LogP contribution in [0.2, 0.25) is 0 Å². The Morgan fingerprint density at radius 2 is 1.92 bits per heavy atom. The molecule has 3 N–H and O–H groups in total. The minimum Gasteiger partial charge on any atom is -0.508 e. The summed E-state index contributed by atoms with van der Waals surface area (Å²) in [7, 11) is 1.62. The maximum Gasteiger partial charge on any atom is 0.391 e. The fourth-order valence-electron chi connectivity index (χ4n) is 3.17. The van der Waals surface area contributed by atoms with E-state index in [9.17, 15) is 18.3 Å². The lowest BCUT2D eigenvalue weighted by Crippen LogP contribution is -2.47. The molecule has 0 aromatic heterocycles. The molecule has 1 aliphatic carbocycles. The molecule has 1 aliphatic rings. The van der Waals surface area contributed by atoms with E-state index in [1.807, 2.05) is 12.1 Å². The molecular weight excluding hydrogens is 458 g/mol. The number of aliphatic imine (C=N–C) groups is 1. The number of nitrogens with zero attached hydrogens (tertiary/aromatic N) is 1. The molecule has 2 atom stereocenters. The van der Waals surface area contributed by atoms with Gasteiger partial charge in [0, 0.05) is 19.6 Å². The van der Waals surface area contributed by atoms with Crippen LogP contribution in [-0.4, -0.2) is 36.9 Å². The number of hydrogen-bond donors (Lipinski definition) is 3. The first kappa shape index (κ1) is 22.9. The van der Waals surface area contributed by atoms with Gasteiger partial charge in [-0.3, -0.25) is 4.99 Å². The summed E-state index contributed by atoms with van der Waals surface area (Å²) in [5.41, 5.74) is 1.13. The molecule has 0 radical (unpaired) electrons. The van der Waals surface area contributed by atoms with Crippen molar-refractivity contribution in [1.82, 2.24) is 10.6 Å². The third-order valence-electron chi connectivity index (χ3n) is 4.57. The van der Waals surface area contributed by atoms with Crippen LogP contribution in [0.3, 0.4) is 0 Å².